The van der Waals surface area contributed by atoms with Crippen LogP contribution in [0, 0.1) is 0 Å². The molecule has 110 heavy (non-hydrogen) atoms. The molecule has 0 heterocycles. The molecule has 0 fully saturated rings. The second-order valence-corrected chi connectivity index (χ2v) is 32.4. The molecule has 4 amide bonds. The second kappa shape index (κ2) is 74.1. The standard InChI is InChI=1S/C82H156N4O22P2/c1-7-13-19-25-28-31-34-40-46-52-74(108-78(92)54-48-42-36-33-30-27-21-15-9-3)64-76(90)86-70(66-102-60-56-72(88)50-44-38-23-17-11-5)68-106-110(99,100)104-62-58-84-82(96)80(94)79(93)81(95)83-57-61-103-109(97,98)105-67-69(65-101-59-55-71(87)49-43-37-22-16-10-4)85-75(89)63-73(51-45-39-24-18-12-6)107-77(91)53-47-41-35-32-29-26-20-14-8-2/h32-33,35-36,69-74,79-80,87-88,93-94H,7-31,34,37-68H2,1-6H3,(H,83,95)(H,84,96)(H,85,89)(H,86,90)(H,97,98)(H,99,100)/b35-32+,36-33+/t69?,70?,71-,72-,73?,74-,79+,80+/m1/s1. The third-order valence-electron chi connectivity index (χ3n) is 18.8. The Morgan fingerprint density at radius 2 is 0.636 bits per heavy atom. The van der Waals surface area contributed by atoms with Gasteiger partial charge in [-0.05, 0) is 103 Å². The highest BCUT2D eigenvalue weighted by Crippen LogP contribution is 2.44. The molecular weight excluding hydrogens is 1450 g/mol. The normalized spacial score (nSPS) is 15.1. The number of carbonyl (C=O) groups is 6. The molecule has 0 aromatic rings. The number of allylic oxidation sites excluding steroid dienone is 4. The summed E-state index contributed by atoms with van der Waals surface area (Å²) < 4.78 is 70.5. The van der Waals surface area contributed by atoms with E-state index in [9.17, 15) is 68.1 Å². The van der Waals surface area contributed by atoms with Gasteiger partial charge < -0.3 is 70.4 Å². The molecule has 10 atom stereocenters. The second-order valence-electron chi connectivity index (χ2n) is 29.5. The van der Waals surface area contributed by atoms with Gasteiger partial charge in [0, 0.05) is 39.1 Å². The fraction of sp³-hybridized carbons (Fsp3) is 0.878. The molecule has 0 bridgehead atoms. The van der Waals surface area contributed by atoms with E-state index in [1.54, 1.807) is 0 Å². The van der Waals surface area contributed by atoms with Crippen LogP contribution in [0.4, 0.5) is 0 Å². The number of aliphatic hydroxyl groups excluding tert-OH is 4. The van der Waals surface area contributed by atoms with Crippen molar-refractivity contribution < 1.29 is 105 Å². The lowest BCUT2D eigenvalue weighted by molar-refractivity contribution is -0.152. The molecule has 0 aromatic heterocycles. The molecule has 0 aliphatic rings. The van der Waals surface area contributed by atoms with Crippen molar-refractivity contribution >= 4 is 51.2 Å². The van der Waals surface area contributed by atoms with E-state index in [1.807, 2.05) is 0 Å². The van der Waals surface area contributed by atoms with Crippen LogP contribution in [-0.4, -0.2) is 180 Å². The minimum Gasteiger partial charge on any atom is -0.462 e. The zero-order valence-corrected chi connectivity index (χ0v) is 70.8. The van der Waals surface area contributed by atoms with Crippen molar-refractivity contribution in [3.63, 3.8) is 0 Å². The molecule has 28 heteroatoms. The number of carbonyl (C=O) groups excluding carboxylic acids is 6. The third-order valence-corrected chi connectivity index (χ3v) is 20.8. The summed E-state index contributed by atoms with van der Waals surface area (Å²) in [5.41, 5.74) is 0. The highest BCUT2D eigenvalue weighted by atomic mass is 31.2. The number of hydrogen-bond donors (Lipinski definition) is 10. The van der Waals surface area contributed by atoms with E-state index in [4.69, 9.17) is 37.0 Å². The molecule has 0 aromatic carbocycles. The molecule has 0 radical (unpaired) electrons. The number of nitrogens with one attached hydrogen (secondary N) is 4. The maximum atomic E-state index is 13.8. The predicted octanol–water partition coefficient (Wildman–Crippen LogP) is 15.7. The summed E-state index contributed by atoms with van der Waals surface area (Å²) in [7, 11) is -9.84. The fourth-order valence-corrected chi connectivity index (χ4v) is 13.7. The zero-order chi connectivity index (χ0) is 81.4. The van der Waals surface area contributed by atoms with Crippen LogP contribution in [0.5, 0.6) is 0 Å². The van der Waals surface area contributed by atoms with E-state index in [-0.39, 0.29) is 52.1 Å². The van der Waals surface area contributed by atoms with Crippen molar-refractivity contribution in [3.8, 4) is 0 Å². The zero-order valence-electron chi connectivity index (χ0n) is 69.1. The van der Waals surface area contributed by atoms with Crippen LogP contribution in [0.15, 0.2) is 24.3 Å². The predicted molar refractivity (Wildman–Crippen MR) is 433 cm³/mol. The molecule has 10 N–H and O–H groups in total. The third kappa shape index (κ3) is 67.6. The van der Waals surface area contributed by atoms with Gasteiger partial charge in [0.2, 0.25) is 11.8 Å². The Labute approximate surface area is 663 Å². The number of rotatable bonds is 81. The fourth-order valence-electron chi connectivity index (χ4n) is 12.1. The maximum absolute atomic E-state index is 13.8. The highest BCUT2D eigenvalue weighted by molar-refractivity contribution is 7.47. The molecular formula is C82H156N4O22P2. The monoisotopic (exact) mass is 1610 g/mol. The van der Waals surface area contributed by atoms with E-state index in [0.717, 1.165) is 167 Å². The molecule has 0 aliphatic carbocycles. The Morgan fingerprint density at radius 1 is 0.345 bits per heavy atom. The Kier molecular flexibility index (Phi) is 71.6. The summed E-state index contributed by atoms with van der Waals surface area (Å²) in [6.07, 6.45) is 42.7. The molecule has 0 aliphatic heterocycles. The van der Waals surface area contributed by atoms with Gasteiger partial charge in [-0.25, -0.2) is 9.13 Å². The number of esters is 2. The van der Waals surface area contributed by atoms with Crippen molar-refractivity contribution in [2.75, 3.05) is 65.9 Å². The number of aliphatic hydroxyl groups is 4. The number of hydrogen-bond acceptors (Lipinski definition) is 20. The number of ether oxygens (including phenoxy) is 4. The maximum Gasteiger partial charge on any atom is 0.472 e. The highest BCUT2D eigenvalue weighted by Gasteiger charge is 2.32. The Hall–Kier alpha value is -3.72. The van der Waals surface area contributed by atoms with Gasteiger partial charge in [0.1, 0.15) is 12.2 Å². The number of unbranched alkanes of at least 4 members (excludes halogenated alkanes) is 30. The molecule has 0 rings (SSSR count). The van der Waals surface area contributed by atoms with Crippen molar-refractivity contribution in [2.24, 2.45) is 0 Å². The number of phosphoric acid groups is 2. The van der Waals surface area contributed by atoms with E-state index in [1.165, 1.54) is 64.2 Å². The van der Waals surface area contributed by atoms with E-state index < -0.39 is 139 Å². The first-order valence-electron chi connectivity index (χ1n) is 43.0. The van der Waals surface area contributed by atoms with Crippen LogP contribution in [0.3, 0.4) is 0 Å². The molecule has 0 saturated carbocycles. The SMILES string of the molecule is CCCCCC/C=C/CCCC(=O)OC(CCCCCCC)CC(=O)NC(COCC[C@H](O)CCCCCCC)COP(=O)(O)OCCNC(=O)[C@@H](O)[C@H](O)C(=O)NCCOP(=O)(O)OCC(COCC[C@H](O)CCCCCCC)NC(=O)C[C@@H](CCCCCCCCCCC)OC(=O)CCC/C=C/CCCCCC. The summed E-state index contributed by atoms with van der Waals surface area (Å²) in [6.45, 7) is 9.19. The van der Waals surface area contributed by atoms with Gasteiger partial charge in [-0.2, -0.15) is 0 Å². The average molecular weight is 1610 g/mol. The van der Waals surface area contributed by atoms with Gasteiger partial charge in [-0.1, -0.05) is 246 Å². The van der Waals surface area contributed by atoms with Gasteiger partial charge in [-0.3, -0.25) is 46.9 Å². The van der Waals surface area contributed by atoms with Crippen molar-refractivity contribution in [1.29, 1.82) is 0 Å². The van der Waals surface area contributed by atoms with E-state index >= 15 is 0 Å². The summed E-state index contributed by atoms with van der Waals surface area (Å²) in [6, 6.07) is -2.03. The lowest BCUT2D eigenvalue weighted by atomic mass is 10.0. The first kappa shape index (κ1) is 106. The van der Waals surface area contributed by atoms with Gasteiger partial charge in [0.15, 0.2) is 12.2 Å². The molecule has 646 valence electrons. The Bertz CT molecular complexity index is 2420. The van der Waals surface area contributed by atoms with Crippen molar-refractivity contribution in [1.82, 2.24) is 21.3 Å². The van der Waals surface area contributed by atoms with Crippen LogP contribution in [0.1, 0.15) is 350 Å². The summed E-state index contributed by atoms with van der Waals surface area (Å²) in [4.78, 5) is 101. The van der Waals surface area contributed by atoms with Gasteiger partial charge in [-0.15, -0.1) is 0 Å². The summed E-state index contributed by atoms with van der Waals surface area (Å²) >= 11 is 0. The summed E-state index contributed by atoms with van der Waals surface area (Å²) in [5.74, 6) is -4.40. The van der Waals surface area contributed by atoms with Gasteiger partial charge in [0.05, 0.1) is 76.8 Å². The molecule has 0 saturated heterocycles. The first-order chi connectivity index (χ1) is 53.0. The minimum absolute atomic E-state index is 0.111. The van der Waals surface area contributed by atoms with Gasteiger partial charge >= 0.3 is 27.6 Å². The Balaban J connectivity index is 5.80. The lowest BCUT2D eigenvalue weighted by Gasteiger charge is -2.23. The molecule has 0 spiro atoms. The first-order valence-corrected chi connectivity index (χ1v) is 46.0. The van der Waals surface area contributed by atoms with Crippen molar-refractivity contribution in [2.45, 2.75) is 398 Å². The van der Waals surface area contributed by atoms with Crippen molar-refractivity contribution in [3.05, 3.63) is 24.3 Å². The lowest BCUT2D eigenvalue weighted by Crippen LogP contribution is -2.50. The van der Waals surface area contributed by atoms with Gasteiger partial charge in [0.25, 0.3) is 11.8 Å². The average Bonchev–Trinajstić information content (AvgIpc) is 0.899. The smallest absolute Gasteiger partial charge is 0.462 e. The largest absolute Gasteiger partial charge is 0.472 e. The number of phosphoric ester groups is 2. The van der Waals surface area contributed by atoms with Crippen LogP contribution in [-0.2, 0) is 74.9 Å². The molecule has 26 nitrogen and oxygen atoms in total. The van der Waals surface area contributed by atoms with E-state index in [2.05, 4.69) is 87.1 Å². The van der Waals surface area contributed by atoms with E-state index in [0.29, 0.717) is 51.4 Å². The van der Waals surface area contributed by atoms with Crippen LogP contribution in [0.25, 0.3) is 0 Å². The topological polar surface area (TPSA) is 380 Å². The molecule has 5 unspecified atom stereocenters. The quantitative estimate of drug-likeness (QED) is 0.0117. The Morgan fingerprint density at radius 3 is 0.964 bits per heavy atom. The van der Waals surface area contributed by atoms with Crippen LogP contribution in [0.2, 0.25) is 0 Å². The van der Waals surface area contributed by atoms with Crippen LogP contribution >= 0.6 is 15.6 Å². The summed E-state index contributed by atoms with van der Waals surface area (Å²) in [5, 5.41) is 52.3. The number of amides is 4. The van der Waals surface area contributed by atoms with Crippen LogP contribution < -0.4 is 21.3 Å². The minimum atomic E-state index is -4.92.